The van der Waals surface area contributed by atoms with E-state index in [1.165, 1.54) is 0 Å². The van der Waals surface area contributed by atoms with E-state index in [9.17, 15) is 9.35 Å². The molecule has 1 fully saturated rings. The van der Waals surface area contributed by atoms with Gasteiger partial charge in [0.2, 0.25) is 0 Å². The molecule has 0 bridgehead atoms. The number of aliphatic hydroxyl groups is 1. The van der Waals surface area contributed by atoms with Crippen LogP contribution in [0.1, 0.15) is 0 Å². The lowest BCUT2D eigenvalue weighted by Gasteiger charge is -2.24. The van der Waals surface area contributed by atoms with Gasteiger partial charge >= 0.3 is 0 Å². The SMILES string of the molecule is COc1ccccc1OC[C@@H]1SCCN1C(=O)C[S+]([O-])CCO. The third-order valence-electron chi connectivity index (χ3n) is 3.36. The van der Waals surface area contributed by atoms with E-state index in [1.807, 2.05) is 24.3 Å². The van der Waals surface area contributed by atoms with Crippen molar-refractivity contribution in [1.29, 1.82) is 0 Å². The lowest BCUT2D eigenvalue weighted by atomic mass is 10.3. The molecule has 0 aliphatic carbocycles. The van der Waals surface area contributed by atoms with Crippen molar-refractivity contribution in [3.05, 3.63) is 24.3 Å². The topological polar surface area (TPSA) is 82.1 Å². The Hall–Kier alpha value is -1.09. The number of amides is 1. The number of carbonyl (C=O) groups is 1. The quantitative estimate of drug-likeness (QED) is 0.689. The van der Waals surface area contributed by atoms with E-state index >= 15 is 0 Å². The number of benzene rings is 1. The molecule has 6 nitrogen and oxygen atoms in total. The van der Waals surface area contributed by atoms with E-state index in [0.717, 1.165) is 5.75 Å². The van der Waals surface area contributed by atoms with Crippen molar-refractivity contribution >= 4 is 28.8 Å². The van der Waals surface area contributed by atoms with Crippen molar-refractivity contribution in [3.8, 4) is 11.5 Å². The highest BCUT2D eigenvalue weighted by Gasteiger charge is 2.32. The van der Waals surface area contributed by atoms with Crippen LogP contribution in [0.2, 0.25) is 0 Å². The summed E-state index contributed by atoms with van der Waals surface area (Å²) >= 11 is 0.326. The second-order valence-corrected chi connectivity index (χ2v) is 7.75. The van der Waals surface area contributed by atoms with Gasteiger partial charge in [0.1, 0.15) is 17.7 Å². The molecule has 2 atom stereocenters. The van der Waals surface area contributed by atoms with Crippen LogP contribution in [0.15, 0.2) is 24.3 Å². The van der Waals surface area contributed by atoms with Gasteiger partial charge in [0.05, 0.1) is 13.7 Å². The molecule has 23 heavy (non-hydrogen) atoms. The van der Waals surface area contributed by atoms with Gasteiger partial charge in [-0.15, -0.1) is 11.8 Å². The smallest absolute Gasteiger partial charge is 0.273 e. The molecule has 0 radical (unpaired) electrons. The number of hydrogen-bond acceptors (Lipinski definition) is 6. The highest BCUT2D eigenvalue weighted by molar-refractivity contribution is 8.00. The first kappa shape index (κ1) is 18.3. The summed E-state index contributed by atoms with van der Waals surface area (Å²) in [5.41, 5.74) is 0. The fourth-order valence-corrected chi connectivity index (χ4v) is 4.17. The zero-order valence-corrected chi connectivity index (χ0v) is 14.6. The number of rotatable bonds is 8. The van der Waals surface area contributed by atoms with Crippen molar-refractivity contribution in [2.24, 2.45) is 0 Å². The Bertz CT molecular complexity index is 516. The van der Waals surface area contributed by atoms with Crippen molar-refractivity contribution in [2.75, 3.05) is 44.1 Å². The largest absolute Gasteiger partial charge is 0.616 e. The van der Waals surface area contributed by atoms with Crippen LogP contribution >= 0.6 is 11.8 Å². The predicted octanol–water partition coefficient (Wildman–Crippen LogP) is 0.716. The van der Waals surface area contributed by atoms with Crippen molar-refractivity contribution in [2.45, 2.75) is 5.37 Å². The standard InChI is InChI=1S/C15H21NO5S2/c1-20-12-4-2-3-5-13(12)21-10-15-16(6-8-22-15)14(18)11-23(19)9-7-17/h2-5,15,17H,6-11H2,1H3/t15-,23?/m0/s1. The maximum Gasteiger partial charge on any atom is 0.273 e. The molecule has 1 aromatic rings. The Morgan fingerprint density at radius 3 is 2.91 bits per heavy atom. The van der Waals surface area contributed by atoms with Crippen LogP contribution in [0.5, 0.6) is 11.5 Å². The molecule has 1 aromatic carbocycles. The normalized spacial score (nSPS) is 18.7. The molecule has 8 heteroatoms. The van der Waals surface area contributed by atoms with Crippen molar-refractivity contribution < 1.29 is 23.9 Å². The molecule has 0 aromatic heterocycles. The Balaban J connectivity index is 1.90. The molecule has 1 N–H and O–H groups in total. The molecule has 128 valence electrons. The fraction of sp³-hybridized carbons (Fsp3) is 0.533. The van der Waals surface area contributed by atoms with Crippen molar-refractivity contribution in [3.63, 3.8) is 0 Å². The number of carbonyl (C=O) groups excluding carboxylic acids is 1. The van der Waals surface area contributed by atoms with Crippen LogP contribution in [0, 0.1) is 0 Å². The highest BCUT2D eigenvalue weighted by Crippen LogP contribution is 2.29. The molecular formula is C15H21NO5S2. The van der Waals surface area contributed by atoms with E-state index < -0.39 is 11.2 Å². The summed E-state index contributed by atoms with van der Waals surface area (Å²) in [7, 11) is 1.58. The number of thioether (sulfide) groups is 1. The average Bonchev–Trinajstić information content (AvgIpc) is 3.02. The third kappa shape index (κ3) is 5.20. The zero-order chi connectivity index (χ0) is 16.7. The lowest BCUT2D eigenvalue weighted by molar-refractivity contribution is -0.128. The first-order chi connectivity index (χ1) is 11.2. The predicted molar refractivity (Wildman–Crippen MR) is 91.4 cm³/mol. The summed E-state index contributed by atoms with van der Waals surface area (Å²) in [5, 5.41) is 8.67. The number of ether oxygens (including phenoxy) is 2. The maximum absolute atomic E-state index is 12.2. The molecule has 1 amide bonds. The zero-order valence-electron chi connectivity index (χ0n) is 13.0. The van der Waals surface area contributed by atoms with Gasteiger partial charge < -0.3 is 24.0 Å². The minimum atomic E-state index is -1.32. The Morgan fingerprint density at radius 2 is 2.22 bits per heavy atom. The van der Waals surface area contributed by atoms with Crippen LogP contribution < -0.4 is 9.47 Å². The third-order valence-corrected chi connectivity index (χ3v) is 5.76. The summed E-state index contributed by atoms with van der Waals surface area (Å²) in [6.07, 6.45) is 0. The molecule has 1 saturated heterocycles. The molecule has 0 saturated carbocycles. The summed E-state index contributed by atoms with van der Waals surface area (Å²) in [5.74, 6) is 2.05. The van der Waals surface area contributed by atoms with Gasteiger partial charge in [-0.05, 0) is 23.3 Å². The van der Waals surface area contributed by atoms with E-state index in [1.54, 1.807) is 23.8 Å². The van der Waals surface area contributed by atoms with Gasteiger partial charge in [0, 0.05) is 12.3 Å². The molecule has 2 rings (SSSR count). The molecule has 1 aliphatic heterocycles. The molecule has 1 heterocycles. The highest BCUT2D eigenvalue weighted by atomic mass is 32.2. The van der Waals surface area contributed by atoms with Gasteiger partial charge in [0.25, 0.3) is 5.91 Å². The summed E-state index contributed by atoms with van der Waals surface area (Å²) < 4.78 is 22.7. The number of methoxy groups -OCH3 is 1. The van der Waals surface area contributed by atoms with E-state index in [0.29, 0.717) is 24.7 Å². The Morgan fingerprint density at radius 1 is 1.48 bits per heavy atom. The first-order valence-corrected chi connectivity index (χ1v) is 9.82. The summed E-state index contributed by atoms with van der Waals surface area (Å²) in [6, 6.07) is 7.36. The average molecular weight is 359 g/mol. The van der Waals surface area contributed by atoms with Crippen LogP contribution in [0.25, 0.3) is 0 Å². The summed E-state index contributed by atoms with van der Waals surface area (Å²) in [6.45, 7) is 0.804. The van der Waals surface area contributed by atoms with Gasteiger partial charge in [-0.3, -0.25) is 4.79 Å². The van der Waals surface area contributed by atoms with E-state index in [-0.39, 0.29) is 29.4 Å². The van der Waals surface area contributed by atoms with Crippen LogP contribution in [-0.2, 0) is 16.0 Å². The number of nitrogens with zero attached hydrogens (tertiary/aromatic N) is 1. The number of hydrogen-bond donors (Lipinski definition) is 1. The van der Waals surface area contributed by atoms with Gasteiger partial charge in [-0.25, -0.2) is 0 Å². The summed E-state index contributed by atoms with van der Waals surface area (Å²) in [4.78, 5) is 13.9. The molecule has 1 aliphatic rings. The minimum absolute atomic E-state index is 0.0493. The number of para-hydroxylation sites is 2. The van der Waals surface area contributed by atoms with Crippen LogP contribution in [-0.4, -0.2) is 70.0 Å². The number of aliphatic hydroxyl groups excluding tert-OH is 1. The first-order valence-electron chi connectivity index (χ1n) is 7.28. The molecule has 0 spiro atoms. The van der Waals surface area contributed by atoms with Gasteiger partial charge in [-0.2, -0.15) is 0 Å². The molecule has 1 unspecified atom stereocenters. The molecular weight excluding hydrogens is 338 g/mol. The van der Waals surface area contributed by atoms with E-state index in [2.05, 4.69) is 0 Å². The fourth-order valence-electron chi connectivity index (χ4n) is 2.24. The lowest BCUT2D eigenvalue weighted by Crippen LogP contribution is -2.41. The van der Waals surface area contributed by atoms with Gasteiger partial charge in [-0.1, -0.05) is 12.1 Å². The maximum atomic E-state index is 12.2. The second-order valence-electron chi connectivity index (χ2n) is 4.89. The monoisotopic (exact) mass is 359 g/mol. The Kier molecular flexibility index (Phi) is 7.35. The van der Waals surface area contributed by atoms with E-state index in [4.69, 9.17) is 14.6 Å². The Labute approximate surface area is 143 Å². The second kappa shape index (κ2) is 9.27. The minimum Gasteiger partial charge on any atom is -0.616 e. The van der Waals surface area contributed by atoms with Gasteiger partial charge in [0.15, 0.2) is 17.3 Å². The van der Waals surface area contributed by atoms with Crippen LogP contribution in [0.4, 0.5) is 0 Å². The van der Waals surface area contributed by atoms with Crippen molar-refractivity contribution in [1.82, 2.24) is 4.90 Å². The van der Waals surface area contributed by atoms with Crippen LogP contribution in [0.3, 0.4) is 0 Å².